The topological polar surface area (TPSA) is 81.8 Å². The third-order valence-electron chi connectivity index (χ3n) is 5.13. The van der Waals surface area contributed by atoms with Crippen molar-refractivity contribution >= 4 is 17.4 Å². The Hall–Kier alpha value is -4.00. The number of aromatic nitrogens is 4. The van der Waals surface area contributed by atoms with Crippen molar-refractivity contribution in [3.05, 3.63) is 101 Å². The van der Waals surface area contributed by atoms with E-state index in [0.29, 0.717) is 35.6 Å². The number of carbonyl (C=O) groups excluding carboxylic acids is 2. The normalized spacial score (nSPS) is 10.8. The van der Waals surface area contributed by atoms with E-state index < -0.39 is 0 Å². The number of carbonyl (C=O) groups is 2. The molecule has 2 heterocycles. The smallest absolute Gasteiger partial charge is 0.259 e. The molecule has 4 rings (SSSR count). The molecule has 0 atom stereocenters. The first-order valence-electron chi connectivity index (χ1n) is 10.1. The molecule has 0 aliphatic rings. The number of aryl methyl sites for hydroxylation is 1. The van der Waals surface area contributed by atoms with Crippen LogP contribution < -0.4 is 5.32 Å². The standard InChI is InChI=1S/C24H23N5O2/c1-3-21-20(15-26-29(21)16-17-7-5-4-6-8-17)24(31)27-19-11-9-18(10-12-19)22(30)23-25-13-14-28(23)2/h4-15H,3,16H2,1-2H3,(H,27,31). The molecule has 0 spiro atoms. The van der Waals surface area contributed by atoms with E-state index in [9.17, 15) is 9.59 Å². The molecule has 0 aliphatic heterocycles. The molecule has 4 aromatic rings. The van der Waals surface area contributed by atoms with Crippen LogP contribution >= 0.6 is 0 Å². The first-order valence-corrected chi connectivity index (χ1v) is 10.1. The van der Waals surface area contributed by atoms with Crippen LogP contribution in [-0.2, 0) is 20.0 Å². The van der Waals surface area contributed by atoms with Crippen LogP contribution in [0.5, 0.6) is 0 Å². The average molecular weight is 413 g/mol. The third-order valence-corrected chi connectivity index (χ3v) is 5.13. The van der Waals surface area contributed by atoms with Crippen molar-refractivity contribution in [1.29, 1.82) is 0 Å². The van der Waals surface area contributed by atoms with Gasteiger partial charge in [-0.05, 0) is 36.2 Å². The van der Waals surface area contributed by atoms with Crippen molar-refractivity contribution in [2.45, 2.75) is 19.9 Å². The monoisotopic (exact) mass is 413 g/mol. The van der Waals surface area contributed by atoms with Crippen LogP contribution in [0.4, 0.5) is 5.69 Å². The Balaban J connectivity index is 1.48. The lowest BCUT2D eigenvalue weighted by molar-refractivity contribution is 0.101. The van der Waals surface area contributed by atoms with Crippen molar-refractivity contribution in [2.24, 2.45) is 7.05 Å². The minimum Gasteiger partial charge on any atom is -0.331 e. The molecular formula is C24H23N5O2. The molecule has 0 saturated heterocycles. The van der Waals surface area contributed by atoms with Gasteiger partial charge < -0.3 is 9.88 Å². The Morgan fingerprint density at radius 3 is 2.42 bits per heavy atom. The molecule has 1 N–H and O–H groups in total. The van der Waals surface area contributed by atoms with Gasteiger partial charge in [-0.2, -0.15) is 5.10 Å². The number of ketones is 1. The van der Waals surface area contributed by atoms with E-state index in [2.05, 4.69) is 15.4 Å². The number of anilines is 1. The van der Waals surface area contributed by atoms with Crippen molar-refractivity contribution in [3.8, 4) is 0 Å². The molecule has 0 saturated carbocycles. The zero-order chi connectivity index (χ0) is 21.8. The molecule has 7 heteroatoms. The Morgan fingerprint density at radius 1 is 1.03 bits per heavy atom. The van der Waals surface area contributed by atoms with Gasteiger partial charge in [0.05, 0.1) is 24.0 Å². The lowest BCUT2D eigenvalue weighted by atomic mass is 10.1. The molecule has 0 aliphatic carbocycles. The zero-order valence-corrected chi connectivity index (χ0v) is 17.4. The maximum Gasteiger partial charge on any atom is 0.259 e. The maximum atomic E-state index is 12.9. The highest BCUT2D eigenvalue weighted by Crippen LogP contribution is 2.17. The van der Waals surface area contributed by atoms with Gasteiger partial charge in [-0.25, -0.2) is 4.98 Å². The van der Waals surface area contributed by atoms with Gasteiger partial charge in [-0.1, -0.05) is 37.3 Å². The summed E-state index contributed by atoms with van der Waals surface area (Å²) < 4.78 is 3.54. The van der Waals surface area contributed by atoms with E-state index in [1.807, 2.05) is 41.9 Å². The maximum absolute atomic E-state index is 12.9. The van der Waals surface area contributed by atoms with Crippen LogP contribution in [0.15, 0.2) is 73.2 Å². The minimum absolute atomic E-state index is 0.166. The molecule has 0 fully saturated rings. The third kappa shape index (κ3) is 4.30. The van der Waals surface area contributed by atoms with Gasteiger partial charge in [0.15, 0.2) is 5.82 Å². The summed E-state index contributed by atoms with van der Waals surface area (Å²) in [6, 6.07) is 16.8. The molecule has 0 bridgehead atoms. The van der Waals surface area contributed by atoms with Gasteiger partial charge in [0, 0.05) is 30.7 Å². The largest absolute Gasteiger partial charge is 0.331 e. The highest BCUT2D eigenvalue weighted by atomic mass is 16.1. The number of benzene rings is 2. The number of nitrogens with one attached hydrogen (secondary N) is 1. The van der Waals surface area contributed by atoms with Crippen molar-refractivity contribution in [1.82, 2.24) is 19.3 Å². The summed E-state index contributed by atoms with van der Waals surface area (Å²) >= 11 is 0. The van der Waals surface area contributed by atoms with Crippen molar-refractivity contribution in [2.75, 3.05) is 5.32 Å². The molecule has 1 amide bonds. The van der Waals surface area contributed by atoms with E-state index in [-0.39, 0.29) is 11.7 Å². The Kier molecular flexibility index (Phi) is 5.75. The Labute approximate surface area is 180 Å². The summed E-state index contributed by atoms with van der Waals surface area (Å²) in [4.78, 5) is 29.5. The quantitative estimate of drug-likeness (QED) is 0.468. The second-order valence-corrected chi connectivity index (χ2v) is 7.22. The highest BCUT2D eigenvalue weighted by molar-refractivity contribution is 6.08. The van der Waals surface area contributed by atoms with Crippen LogP contribution in [-0.4, -0.2) is 31.0 Å². The van der Waals surface area contributed by atoms with Gasteiger partial charge in [0.1, 0.15) is 0 Å². The molecule has 7 nitrogen and oxygen atoms in total. The van der Waals surface area contributed by atoms with E-state index in [4.69, 9.17) is 0 Å². The molecule has 2 aromatic carbocycles. The summed E-state index contributed by atoms with van der Waals surface area (Å²) in [6.07, 6.45) is 5.61. The fourth-order valence-corrected chi connectivity index (χ4v) is 3.48. The summed E-state index contributed by atoms with van der Waals surface area (Å²) in [5, 5.41) is 7.32. The van der Waals surface area contributed by atoms with Gasteiger partial charge in [0.25, 0.3) is 5.91 Å². The number of amides is 1. The first-order chi connectivity index (χ1) is 15.1. The van der Waals surface area contributed by atoms with E-state index in [1.54, 1.807) is 54.5 Å². The molecule has 31 heavy (non-hydrogen) atoms. The zero-order valence-electron chi connectivity index (χ0n) is 17.4. The van der Waals surface area contributed by atoms with E-state index in [0.717, 1.165) is 11.3 Å². The van der Waals surface area contributed by atoms with Crippen LogP contribution in [0.3, 0.4) is 0 Å². The molecular weight excluding hydrogens is 390 g/mol. The molecule has 0 radical (unpaired) electrons. The lowest BCUT2D eigenvalue weighted by Gasteiger charge is -2.09. The van der Waals surface area contributed by atoms with Crippen LogP contribution in [0, 0.1) is 0 Å². The number of hydrogen-bond acceptors (Lipinski definition) is 4. The molecule has 0 unspecified atom stereocenters. The number of imidazole rings is 1. The summed E-state index contributed by atoms with van der Waals surface area (Å²) in [6.45, 7) is 2.62. The van der Waals surface area contributed by atoms with Crippen LogP contribution in [0.25, 0.3) is 0 Å². The average Bonchev–Trinajstić information content (AvgIpc) is 3.40. The van der Waals surface area contributed by atoms with Crippen molar-refractivity contribution in [3.63, 3.8) is 0 Å². The number of rotatable bonds is 7. The molecule has 156 valence electrons. The number of hydrogen-bond donors (Lipinski definition) is 1. The van der Waals surface area contributed by atoms with E-state index in [1.165, 1.54) is 0 Å². The van der Waals surface area contributed by atoms with Gasteiger partial charge in [-0.15, -0.1) is 0 Å². The first kappa shape index (κ1) is 20.3. The second-order valence-electron chi connectivity index (χ2n) is 7.22. The minimum atomic E-state index is -0.223. The Morgan fingerprint density at radius 2 is 1.77 bits per heavy atom. The summed E-state index contributed by atoms with van der Waals surface area (Å²) in [7, 11) is 1.78. The fraction of sp³-hybridized carbons (Fsp3) is 0.167. The van der Waals surface area contributed by atoms with Gasteiger partial charge >= 0.3 is 0 Å². The highest BCUT2D eigenvalue weighted by Gasteiger charge is 2.17. The van der Waals surface area contributed by atoms with E-state index >= 15 is 0 Å². The van der Waals surface area contributed by atoms with Crippen LogP contribution in [0.1, 0.15) is 44.7 Å². The summed E-state index contributed by atoms with van der Waals surface area (Å²) in [5.41, 5.74) is 3.67. The van der Waals surface area contributed by atoms with Crippen molar-refractivity contribution < 1.29 is 9.59 Å². The van der Waals surface area contributed by atoms with Gasteiger partial charge in [0.2, 0.25) is 5.78 Å². The Bertz CT molecular complexity index is 1210. The predicted octanol–water partition coefficient (Wildman–Crippen LogP) is 3.71. The lowest BCUT2D eigenvalue weighted by Crippen LogP contribution is -2.15. The fourth-order valence-electron chi connectivity index (χ4n) is 3.48. The second kappa shape index (κ2) is 8.79. The van der Waals surface area contributed by atoms with Gasteiger partial charge in [-0.3, -0.25) is 14.3 Å². The predicted molar refractivity (Wildman–Crippen MR) is 118 cm³/mol. The molecule has 2 aromatic heterocycles. The summed E-state index contributed by atoms with van der Waals surface area (Å²) in [5.74, 6) is -0.0182. The SMILES string of the molecule is CCc1c(C(=O)Nc2ccc(C(=O)c3nccn3C)cc2)cnn1Cc1ccccc1. The number of nitrogens with zero attached hydrogens (tertiary/aromatic N) is 4. The van der Waals surface area contributed by atoms with Crippen LogP contribution in [0.2, 0.25) is 0 Å².